The van der Waals surface area contributed by atoms with Crippen LogP contribution in [-0.4, -0.2) is 35.2 Å². The van der Waals surface area contributed by atoms with Crippen LogP contribution in [0.15, 0.2) is 24.3 Å². The second-order valence-corrected chi connectivity index (χ2v) is 6.18. The molecule has 0 radical (unpaired) electrons. The second kappa shape index (κ2) is 7.00. The summed E-state index contributed by atoms with van der Waals surface area (Å²) < 4.78 is 5.21. The SMILES string of the molecule is COc1nc(Nc2ccc(Cl)cc2)nc(N2CCC(C)CC2)n1. The summed E-state index contributed by atoms with van der Waals surface area (Å²) in [6.45, 7) is 4.18. The highest BCUT2D eigenvalue weighted by Gasteiger charge is 2.20. The molecule has 1 aromatic carbocycles. The topological polar surface area (TPSA) is 63.2 Å². The number of hydrogen-bond donors (Lipinski definition) is 1. The molecule has 1 fully saturated rings. The van der Waals surface area contributed by atoms with Crippen molar-refractivity contribution < 1.29 is 4.74 Å². The number of halogens is 1. The Morgan fingerprint density at radius 2 is 1.83 bits per heavy atom. The van der Waals surface area contributed by atoms with Gasteiger partial charge in [0.15, 0.2) is 0 Å². The Hall–Kier alpha value is -2.08. The molecule has 0 spiro atoms. The van der Waals surface area contributed by atoms with Crippen molar-refractivity contribution in [2.45, 2.75) is 19.8 Å². The van der Waals surface area contributed by atoms with E-state index in [0.29, 0.717) is 22.9 Å². The summed E-state index contributed by atoms with van der Waals surface area (Å²) in [5.41, 5.74) is 0.862. The molecule has 23 heavy (non-hydrogen) atoms. The molecule has 0 saturated carbocycles. The molecule has 2 heterocycles. The van der Waals surface area contributed by atoms with Gasteiger partial charge >= 0.3 is 6.01 Å². The van der Waals surface area contributed by atoms with E-state index in [1.165, 1.54) is 0 Å². The highest BCUT2D eigenvalue weighted by atomic mass is 35.5. The molecule has 6 nitrogen and oxygen atoms in total. The first-order chi connectivity index (χ1) is 11.1. The number of hydrogen-bond acceptors (Lipinski definition) is 6. The lowest BCUT2D eigenvalue weighted by molar-refractivity contribution is 0.376. The minimum Gasteiger partial charge on any atom is -0.467 e. The van der Waals surface area contributed by atoms with Crippen LogP contribution in [0.2, 0.25) is 5.02 Å². The zero-order valence-corrected chi connectivity index (χ0v) is 14.0. The lowest BCUT2D eigenvalue weighted by Gasteiger charge is -2.30. The van der Waals surface area contributed by atoms with Gasteiger partial charge < -0.3 is 15.0 Å². The van der Waals surface area contributed by atoms with Crippen LogP contribution in [0.4, 0.5) is 17.6 Å². The van der Waals surface area contributed by atoms with Gasteiger partial charge in [0, 0.05) is 23.8 Å². The fraction of sp³-hybridized carbons (Fsp3) is 0.438. The standard InChI is InChI=1S/C16H20ClN5O/c1-11-7-9-22(10-8-11)15-19-14(20-16(21-15)23-2)18-13-5-3-12(17)4-6-13/h3-6,11H,7-10H2,1-2H3,(H,18,19,20,21). The number of piperidine rings is 1. The minimum atomic E-state index is 0.310. The Morgan fingerprint density at radius 1 is 1.13 bits per heavy atom. The molecule has 1 saturated heterocycles. The van der Waals surface area contributed by atoms with Crippen molar-refractivity contribution in [3.63, 3.8) is 0 Å². The normalized spacial score (nSPS) is 15.5. The maximum atomic E-state index is 5.91. The van der Waals surface area contributed by atoms with Gasteiger partial charge in [0.2, 0.25) is 11.9 Å². The molecule has 0 amide bonds. The predicted octanol–water partition coefficient (Wildman–Crippen LogP) is 3.51. The Bertz CT molecular complexity index is 656. The molecular formula is C16H20ClN5O. The Kier molecular flexibility index (Phi) is 4.81. The molecule has 1 aliphatic heterocycles. The molecule has 0 atom stereocenters. The van der Waals surface area contributed by atoms with Gasteiger partial charge in [-0.1, -0.05) is 18.5 Å². The number of aromatic nitrogens is 3. The number of nitrogens with one attached hydrogen (secondary N) is 1. The first-order valence-corrected chi connectivity index (χ1v) is 8.09. The third kappa shape index (κ3) is 4.01. The van der Waals surface area contributed by atoms with E-state index < -0.39 is 0 Å². The first-order valence-electron chi connectivity index (χ1n) is 7.71. The summed E-state index contributed by atoms with van der Waals surface area (Å²) in [4.78, 5) is 15.3. The van der Waals surface area contributed by atoms with Crippen molar-refractivity contribution in [2.24, 2.45) is 5.92 Å². The van der Waals surface area contributed by atoms with E-state index in [9.17, 15) is 0 Å². The smallest absolute Gasteiger partial charge is 0.322 e. The summed E-state index contributed by atoms with van der Waals surface area (Å²) in [7, 11) is 1.56. The number of anilines is 3. The highest BCUT2D eigenvalue weighted by molar-refractivity contribution is 6.30. The van der Waals surface area contributed by atoms with E-state index in [4.69, 9.17) is 16.3 Å². The number of benzene rings is 1. The maximum Gasteiger partial charge on any atom is 0.322 e. The summed E-state index contributed by atoms with van der Waals surface area (Å²) >= 11 is 5.91. The number of rotatable bonds is 4. The molecule has 7 heteroatoms. The van der Waals surface area contributed by atoms with Crippen LogP contribution in [0.25, 0.3) is 0 Å². The van der Waals surface area contributed by atoms with Crippen molar-refractivity contribution in [1.82, 2.24) is 15.0 Å². The highest BCUT2D eigenvalue weighted by Crippen LogP contribution is 2.23. The van der Waals surface area contributed by atoms with Gasteiger partial charge in [0.25, 0.3) is 0 Å². The Morgan fingerprint density at radius 3 is 2.48 bits per heavy atom. The number of methoxy groups -OCH3 is 1. The van der Waals surface area contributed by atoms with E-state index in [2.05, 4.69) is 32.1 Å². The number of nitrogens with zero attached hydrogens (tertiary/aromatic N) is 4. The average molecular weight is 334 g/mol. The average Bonchev–Trinajstić information content (AvgIpc) is 2.57. The van der Waals surface area contributed by atoms with Gasteiger partial charge in [-0.15, -0.1) is 0 Å². The fourth-order valence-corrected chi connectivity index (χ4v) is 2.63. The van der Waals surface area contributed by atoms with E-state index in [1.807, 2.05) is 24.3 Å². The summed E-state index contributed by atoms with van der Waals surface area (Å²) in [5.74, 6) is 1.87. The van der Waals surface area contributed by atoms with Crippen molar-refractivity contribution >= 4 is 29.2 Å². The van der Waals surface area contributed by atoms with Crippen LogP contribution < -0.4 is 15.0 Å². The van der Waals surface area contributed by atoms with E-state index in [1.54, 1.807) is 7.11 Å². The molecule has 1 aliphatic rings. The zero-order valence-electron chi connectivity index (χ0n) is 13.3. The van der Waals surface area contributed by atoms with E-state index in [0.717, 1.165) is 37.5 Å². The van der Waals surface area contributed by atoms with E-state index in [-0.39, 0.29) is 0 Å². The van der Waals surface area contributed by atoms with Crippen LogP contribution in [0.5, 0.6) is 6.01 Å². The summed E-state index contributed by atoms with van der Waals surface area (Å²) in [6, 6.07) is 7.69. The molecule has 1 aromatic heterocycles. The Balaban J connectivity index is 1.82. The molecule has 2 aromatic rings. The summed E-state index contributed by atoms with van der Waals surface area (Å²) in [5, 5.41) is 3.85. The molecule has 1 N–H and O–H groups in total. The van der Waals surface area contributed by atoms with Gasteiger partial charge in [-0.05, 0) is 43.0 Å². The van der Waals surface area contributed by atoms with Gasteiger partial charge in [0.05, 0.1) is 7.11 Å². The summed E-state index contributed by atoms with van der Waals surface area (Å²) in [6.07, 6.45) is 2.29. The Labute approximate surface area is 140 Å². The lowest BCUT2D eigenvalue weighted by atomic mass is 10.00. The van der Waals surface area contributed by atoms with Gasteiger partial charge in [-0.3, -0.25) is 0 Å². The first kappa shape index (κ1) is 15.8. The van der Waals surface area contributed by atoms with Crippen molar-refractivity contribution in [3.8, 4) is 6.01 Å². The second-order valence-electron chi connectivity index (χ2n) is 5.75. The number of ether oxygens (including phenoxy) is 1. The van der Waals surface area contributed by atoms with Crippen molar-refractivity contribution in [3.05, 3.63) is 29.3 Å². The molecule has 122 valence electrons. The molecule has 0 unspecified atom stereocenters. The van der Waals surface area contributed by atoms with Crippen LogP contribution in [-0.2, 0) is 0 Å². The van der Waals surface area contributed by atoms with Crippen LogP contribution in [0, 0.1) is 5.92 Å². The molecular weight excluding hydrogens is 314 g/mol. The largest absolute Gasteiger partial charge is 0.467 e. The third-order valence-corrected chi connectivity index (χ3v) is 4.20. The monoisotopic (exact) mass is 333 g/mol. The van der Waals surface area contributed by atoms with Gasteiger partial charge in [0.1, 0.15) is 0 Å². The molecule has 0 aliphatic carbocycles. The van der Waals surface area contributed by atoms with Gasteiger partial charge in [-0.25, -0.2) is 0 Å². The molecule has 0 bridgehead atoms. The van der Waals surface area contributed by atoms with Crippen LogP contribution >= 0.6 is 11.6 Å². The zero-order chi connectivity index (χ0) is 16.2. The quantitative estimate of drug-likeness (QED) is 0.923. The van der Waals surface area contributed by atoms with E-state index >= 15 is 0 Å². The minimum absolute atomic E-state index is 0.310. The fourth-order valence-electron chi connectivity index (χ4n) is 2.51. The molecule has 3 rings (SSSR count). The van der Waals surface area contributed by atoms with Crippen molar-refractivity contribution in [1.29, 1.82) is 0 Å². The lowest BCUT2D eigenvalue weighted by Crippen LogP contribution is -2.34. The van der Waals surface area contributed by atoms with Gasteiger partial charge in [-0.2, -0.15) is 15.0 Å². The van der Waals surface area contributed by atoms with Crippen molar-refractivity contribution in [2.75, 3.05) is 30.4 Å². The van der Waals surface area contributed by atoms with Crippen LogP contribution in [0.1, 0.15) is 19.8 Å². The predicted molar refractivity (Wildman–Crippen MR) is 91.7 cm³/mol. The third-order valence-electron chi connectivity index (χ3n) is 3.95. The van der Waals surface area contributed by atoms with Crippen LogP contribution in [0.3, 0.4) is 0 Å². The maximum absolute atomic E-state index is 5.91.